The molecule has 2 atom stereocenters. The molecule has 0 bridgehead atoms. The summed E-state index contributed by atoms with van der Waals surface area (Å²) in [5.41, 5.74) is 0. The van der Waals surface area contributed by atoms with E-state index in [-0.39, 0.29) is 0 Å². The molecule has 0 aromatic rings. The molecule has 1 heterocycles. The first kappa shape index (κ1) is 9.05. The molecule has 0 spiro atoms. The molecule has 2 unspecified atom stereocenters. The molecule has 0 amide bonds. The fraction of sp³-hybridized carbons (Fsp3) is 1.00. The zero-order chi connectivity index (χ0) is 8.27. The van der Waals surface area contributed by atoms with Gasteiger partial charge in [-0.25, -0.2) is 0 Å². The Morgan fingerprint density at radius 3 is 2.36 bits per heavy atom. The van der Waals surface area contributed by atoms with Gasteiger partial charge in [0.15, 0.2) is 0 Å². The lowest BCUT2D eigenvalue weighted by atomic mass is 9.83. The Hall–Kier alpha value is -0.0400. The molecule has 1 fully saturated rings. The van der Waals surface area contributed by atoms with E-state index in [2.05, 4.69) is 26.1 Å². The van der Waals surface area contributed by atoms with Gasteiger partial charge in [-0.05, 0) is 31.7 Å². The summed E-state index contributed by atoms with van der Waals surface area (Å²) in [7, 11) is 0. The molecule has 11 heavy (non-hydrogen) atoms. The summed E-state index contributed by atoms with van der Waals surface area (Å²) in [5, 5.41) is 3.52. The zero-order valence-corrected chi connectivity index (χ0v) is 8.06. The van der Waals surface area contributed by atoms with Gasteiger partial charge in [0.25, 0.3) is 0 Å². The minimum absolute atomic E-state index is 0.764. The summed E-state index contributed by atoms with van der Waals surface area (Å²) < 4.78 is 0. The number of nitrogens with one attached hydrogen (secondary N) is 1. The third-order valence-corrected chi connectivity index (χ3v) is 3.24. The van der Waals surface area contributed by atoms with Crippen molar-refractivity contribution in [3.63, 3.8) is 0 Å². The van der Waals surface area contributed by atoms with Crippen LogP contribution in [0.2, 0.25) is 0 Å². The monoisotopic (exact) mass is 155 g/mol. The second-order valence-electron chi connectivity index (χ2n) is 3.77. The predicted octanol–water partition coefficient (Wildman–Crippen LogP) is 2.42. The molecule has 1 rings (SSSR count). The van der Waals surface area contributed by atoms with Crippen LogP contribution in [0.4, 0.5) is 0 Å². The van der Waals surface area contributed by atoms with Crippen molar-refractivity contribution < 1.29 is 0 Å². The van der Waals surface area contributed by atoms with E-state index in [4.69, 9.17) is 0 Å². The number of hydrogen-bond donors (Lipinski definition) is 1. The Morgan fingerprint density at radius 2 is 2.00 bits per heavy atom. The van der Waals surface area contributed by atoms with E-state index in [0.717, 1.165) is 17.9 Å². The van der Waals surface area contributed by atoms with Crippen LogP contribution in [0.25, 0.3) is 0 Å². The maximum atomic E-state index is 3.52. The molecular formula is C10H21N. The van der Waals surface area contributed by atoms with Crippen LogP contribution in [0, 0.1) is 11.8 Å². The summed E-state index contributed by atoms with van der Waals surface area (Å²) >= 11 is 0. The molecule has 1 N–H and O–H groups in total. The summed E-state index contributed by atoms with van der Waals surface area (Å²) in [6.07, 6.45) is 4.11. The first-order valence-corrected chi connectivity index (χ1v) is 5.03. The highest BCUT2D eigenvalue weighted by atomic mass is 14.9. The van der Waals surface area contributed by atoms with Crippen LogP contribution in [-0.2, 0) is 0 Å². The molecule has 1 heteroatoms. The molecule has 1 aliphatic rings. The number of rotatable bonds is 3. The number of hydrogen-bond acceptors (Lipinski definition) is 1. The molecule has 0 radical (unpaired) electrons. The minimum atomic E-state index is 0.764. The van der Waals surface area contributed by atoms with Gasteiger partial charge in [0, 0.05) is 6.04 Å². The topological polar surface area (TPSA) is 12.0 Å². The van der Waals surface area contributed by atoms with Gasteiger partial charge >= 0.3 is 0 Å². The first-order valence-electron chi connectivity index (χ1n) is 5.03. The lowest BCUT2D eigenvalue weighted by Crippen LogP contribution is -2.27. The lowest BCUT2D eigenvalue weighted by Gasteiger charge is -2.23. The van der Waals surface area contributed by atoms with Gasteiger partial charge in [-0.15, -0.1) is 0 Å². The van der Waals surface area contributed by atoms with E-state index in [0.29, 0.717) is 0 Å². The molecule has 66 valence electrons. The van der Waals surface area contributed by atoms with Crippen LogP contribution in [0.15, 0.2) is 0 Å². The highest BCUT2D eigenvalue weighted by Gasteiger charge is 2.27. The van der Waals surface area contributed by atoms with Crippen LogP contribution in [0.1, 0.15) is 40.0 Å². The van der Waals surface area contributed by atoms with Crippen molar-refractivity contribution in [2.24, 2.45) is 11.8 Å². The second-order valence-corrected chi connectivity index (χ2v) is 3.77. The molecular weight excluding hydrogens is 134 g/mol. The van der Waals surface area contributed by atoms with E-state index >= 15 is 0 Å². The zero-order valence-electron chi connectivity index (χ0n) is 8.06. The van der Waals surface area contributed by atoms with Crippen molar-refractivity contribution in [3.8, 4) is 0 Å². The quantitative estimate of drug-likeness (QED) is 0.660. The fourth-order valence-corrected chi connectivity index (χ4v) is 2.42. The fourth-order valence-electron chi connectivity index (χ4n) is 2.42. The van der Waals surface area contributed by atoms with Gasteiger partial charge < -0.3 is 5.32 Å². The van der Waals surface area contributed by atoms with Crippen molar-refractivity contribution in [3.05, 3.63) is 0 Å². The summed E-state index contributed by atoms with van der Waals surface area (Å²) in [5.74, 6) is 1.91. The normalized spacial score (nSPS) is 31.6. The van der Waals surface area contributed by atoms with E-state index in [1.165, 1.54) is 25.8 Å². The van der Waals surface area contributed by atoms with E-state index in [1.807, 2.05) is 0 Å². The van der Waals surface area contributed by atoms with Crippen LogP contribution < -0.4 is 5.32 Å². The molecule has 1 aliphatic heterocycles. The van der Waals surface area contributed by atoms with Crippen LogP contribution in [0.5, 0.6) is 0 Å². The molecule has 1 saturated heterocycles. The molecule has 1 nitrogen and oxygen atoms in total. The largest absolute Gasteiger partial charge is 0.314 e. The van der Waals surface area contributed by atoms with Crippen molar-refractivity contribution in [2.75, 3.05) is 6.54 Å². The Labute approximate surface area is 70.6 Å². The lowest BCUT2D eigenvalue weighted by molar-refractivity contribution is 0.293. The summed E-state index contributed by atoms with van der Waals surface area (Å²) in [6, 6.07) is 0.764. The van der Waals surface area contributed by atoms with E-state index < -0.39 is 0 Å². The molecule has 0 aliphatic carbocycles. The Morgan fingerprint density at radius 1 is 1.36 bits per heavy atom. The summed E-state index contributed by atoms with van der Waals surface area (Å²) in [4.78, 5) is 0. The predicted molar refractivity (Wildman–Crippen MR) is 49.6 cm³/mol. The molecule has 0 aromatic heterocycles. The van der Waals surface area contributed by atoms with Gasteiger partial charge in [0.05, 0.1) is 0 Å². The minimum Gasteiger partial charge on any atom is -0.314 e. The van der Waals surface area contributed by atoms with Crippen LogP contribution in [-0.4, -0.2) is 12.6 Å². The molecule has 0 aromatic carbocycles. The maximum Gasteiger partial charge on any atom is 0.00701 e. The van der Waals surface area contributed by atoms with Crippen molar-refractivity contribution in [1.82, 2.24) is 5.32 Å². The van der Waals surface area contributed by atoms with Crippen molar-refractivity contribution in [1.29, 1.82) is 0 Å². The van der Waals surface area contributed by atoms with Crippen molar-refractivity contribution >= 4 is 0 Å². The van der Waals surface area contributed by atoms with Gasteiger partial charge in [-0.2, -0.15) is 0 Å². The van der Waals surface area contributed by atoms with Crippen LogP contribution >= 0.6 is 0 Å². The van der Waals surface area contributed by atoms with Gasteiger partial charge in [-0.3, -0.25) is 0 Å². The highest BCUT2D eigenvalue weighted by Crippen LogP contribution is 2.28. The SMILES string of the molecule is CCC(CC)C1CCNC1C. The van der Waals surface area contributed by atoms with E-state index in [1.54, 1.807) is 0 Å². The maximum absolute atomic E-state index is 3.52. The summed E-state index contributed by atoms with van der Waals surface area (Å²) in [6.45, 7) is 8.21. The average Bonchev–Trinajstić information content (AvgIpc) is 2.40. The Balaban J connectivity index is 2.43. The smallest absolute Gasteiger partial charge is 0.00701 e. The van der Waals surface area contributed by atoms with Gasteiger partial charge in [-0.1, -0.05) is 26.7 Å². The van der Waals surface area contributed by atoms with Gasteiger partial charge in [0.1, 0.15) is 0 Å². The van der Waals surface area contributed by atoms with Gasteiger partial charge in [0.2, 0.25) is 0 Å². The third kappa shape index (κ3) is 1.96. The van der Waals surface area contributed by atoms with Crippen molar-refractivity contribution in [2.45, 2.75) is 46.1 Å². The Bertz CT molecular complexity index is 107. The Kier molecular flexibility index (Phi) is 3.38. The standard InChI is InChI=1S/C10H21N/c1-4-9(5-2)10-6-7-11-8(10)3/h8-11H,4-7H2,1-3H3. The van der Waals surface area contributed by atoms with E-state index in [9.17, 15) is 0 Å². The average molecular weight is 155 g/mol. The first-order chi connectivity index (χ1) is 5.29. The highest BCUT2D eigenvalue weighted by molar-refractivity contribution is 4.84. The second kappa shape index (κ2) is 4.10. The van der Waals surface area contributed by atoms with Crippen LogP contribution in [0.3, 0.4) is 0 Å². The molecule has 0 saturated carbocycles. The third-order valence-electron chi connectivity index (χ3n) is 3.24.